The van der Waals surface area contributed by atoms with Crippen LogP contribution in [0.3, 0.4) is 0 Å². The van der Waals surface area contributed by atoms with Crippen molar-refractivity contribution in [3.63, 3.8) is 0 Å². The molecule has 9 heteroatoms. The summed E-state index contributed by atoms with van der Waals surface area (Å²) < 4.78 is 50.0. The lowest BCUT2D eigenvalue weighted by Crippen LogP contribution is -2.35. The number of hydrogen-bond donors (Lipinski definition) is 2. The molecule has 0 spiro atoms. The van der Waals surface area contributed by atoms with Crippen LogP contribution in [-0.2, 0) is 19.9 Å². The predicted octanol–water partition coefficient (Wildman–Crippen LogP) is 1.07. The zero-order chi connectivity index (χ0) is 18.5. The molecule has 1 heterocycles. The maximum Gasteiger partial charge on any atom is 0.251 e. The van der Waals surface area contributed by atoms with Crippen LogP contribution in [0.1, 0.15) is 43.0 Å². The number of carbonyl (C=O) groups excluding carboxylic acids is 1. The van der Waals surface area contributed by atoms with E-state index in [1.54, 1.807) is 0 Å². The summed E-state index contributed by atoms with van der Waals surface area (Å²) in [5.41, 5.74) is 0.195. The molecule has 2 rings (SSSR count). The number of unbranched alkanes of at least 4 members (excludes halogenated alkanes) is 2. The molecule has 1 unspecified atom stereocenters. The van der Waals surface area contributed by atoms with E-state index in [0.29, 0.717) is 13.0 Å². The smallest absolute Gasteiger partial charge is 0.251 e. The minimum atomic E-state index is -3.67. The summed E-state index contributed by atoms with van der Waals surface area (Å²) in [6.07, 6.45) is 3.07. The number of sulfone groups is 1. The van der Waals surface area contributed by atoms with E-state index in [9.17, 15) is 21.6 Å². The molecule has 1 aliphatic rings. The van der Waals surface area contributed by atoms with Crippen molar-refractivity contribution >= 4 is 25.8 Å². The van der Waals surface area contributed by atoms with Crippen LogP contribution in [0, 0.1) is 0 Å². The van der Waals surface area contributed by atoms with Crippen molar-refractivity contribution in [1.29, 1.82) is 0 Å². The highest BCUT2D eigenvalue weighted by molar-refractivity contribution is 7.91. The van der Waals surface area contributed by atoms with Crippen LogP contribution in [0.15, 0.2) is 29.2 Å². The van der Waals surface area contributed by atoms with Crippen molar-refractivity contribution in [1.82, 2.24) is 10.0 Å². The lowest BCUT2D eigenvalue weighted by Gasteiger charge is -2.12. The molecule has 0 aromatic heterocycles. The average Bonchev–Trinajstić information content (AvgIpc) is 2.90. The number of rotatable bonds is 8. The SMILES string of the molecule is CCCCCNS(=O)(=O)c1cccc(C(=O)NC2CCS(=O)(=O)C2)c1. The third-order valence-corrected chi connectivity index (χ3v) is 7.27. The van der Waals surface area contributed by atoms with E-state index in [1.165, 1.54) is 24.3 Å². The molecule has 25 heavy (non-hydrogen) atoms. The molecule has 1 aromatic rings. The minimum Gasteiger partial charge on any atom is -0.348 e. The Morgan fingerprint density at radius 1 is 1.28 bits per heavy atom. The molecule has 0 aliphatic carbocycles. The average molecular weight is 389 g/mol. The quantitative estimate of drug-likeness (QED) is 0.648. The second-order valence-electron chi connectivity index (χ2n) is 6.21. The largest absolute Gasteiger partial charge is 0.348 e. The Bertz CT molecular complexity index is 819. The number of amides is 1. The normalized spacial score (nSPS) is 19.6. The summed E-state index contributed by atoms with van der Waals surface area (Å²) in [5, 5.41) is 2.66. The molecular weight excluding hydrogens is 364 g/mol. The van der Waals surface area contributed by atoms with Crippen LogP contribution in [0.2, 0.25) is 0 Å². The molecule has 0 saturated carbocycles. The van der Waals surface area contributed by atoms with Crippen LogP contribution in [0.5, 0.6) is 0 Å². The summed E-state index contributed by atoms with van der Waals surface area (Å²) in [6.45, 7) is 2.39. The van der Waals surface area contributed by atoms with Gasteiger partial charge >= 0.3 is 0 Å². The molecule has 1 aliphatic heterocycles. The van der Waals surface area contributed by atoms with Gasteiger partial charge in [0.1, 0.15) is 0 Å². The number of carbonyl (C=O) groups is 1. The monoisotopic (exact) mass is 388 g/mol. The van der Waals surface area contributed by atoms with Gasteiger partial charge in [0.15, 0.2) is 9.84 Å². The Labute approximate surface area is 149 Å². The first-order valence-corrected chi connectivity index (χ1v) is 11.6. The third kappa shape index (κ3) is 5.79. The van der Waals surface area contributed by atoms with E-state index in [-0.39, 0.29) is 22.0 Å². The Morgan fingerprint density at radius 2 is 2.04 bits per heavy atom. The Kier molecular flexibility index (Phi) is 6.59. The molecule has 1 aromatic carbocycles. The Morgan fingerprint density at radius 3 is 2.68 bits per heavy atom. The van der Waals surface area contributed by atoms with Gasteiger partial charge in [-0.3, -0.25) is 4.79 Å². The first-order valence-electron chi connectivity index (χ1n) is 8.34. The Balaban J connectivity index is 2.03. The first-order chi connectivity index (χ1) is 11.7. The zero-order valence-electron chi connectivity index (χ0n) is 14.2. The lowest BCUT2D eigenvalue weighted by atomic mass is 10.2. The molecule has 1 atom stereocenters. The molecule has 140 valence electrons. The van der Waals surface area contributed by atoms with E-state index in [2.05, 4.69) is 10.0 Å². The van der Waals surface area contributed by atoms with E-state index < -0.39 is 31.8 Å². The second-order valence-corrected chi connectivity index (χ2v) is 10.2. The van der Waals surface area contributed by atoms with Gasteiger partial charge in [-0.15, -0.1) is 0 Å². The standard InChI is InChI=1S/C16H24N2O5S2/c1-2-3-4-9-17-25(22,23)15-7-5-6-13(11-15)16(19)18-14-8-10-24(20,21)12-14/h5-7,11,14,17H,2-4,8-10,12H2,1H3,(H,18,19). The minimum absolute atomic E-state index is 0.0238. The van der Waals surface area contributed by atoms with Gasteiger partial charge < -0.3 is 5.32 Å². The van der Waals surface area contributed by atoms with Gasteiger partial charge in [-0.1, -0.05) is 25.8 Å². The third-order valence-electron chi connectivity index (χ3n) is 4.05. The maximum absolute atomic E-state index is 12.3. The van der Waals surface area contributed by atoms with Crippen LogP contribution in [0.25, 0.3) is 0 Å². The van der Waals surface area contributed by atoms with E-state index >= 15 is 0 Å². The highest BCUT2D eigenvalue weighted by Crippen LogP contribution is 2.15. The highest BCUT2D eigenvalue weighted by atomic mass is 32.2. The van der Waals surface area contributed by atoms with Gasteiger partial charge in [0.25, 0.3) is 5.91 Å². The molecule has 7 nitrogen and oxygen atoms in total. The van der Waals surface area contributed by atoms with Crippen molar-refractivity contribution in [2.45, 2.75) is 43.5 Å². The van der Waals surface area contributed by atoms with E-state index in [1.807, 2.05) is 6.92 Å². The van der Waals surface area contributed by atoms with Crippen LogP contribution < -0.4 is 10.0 Å². The van der Waals surface area contributed by atoms with Gasteiger partial charge in [0, 0.05) is 18.2 Å². The summed E-state index contributed by atoms with van der Waals surface area (Å²) >= 11 is 0. The fourth-order valence-electron chi connectivity index (χ4n) is 2.65. The fraction of sp³-hybridized carbons (Fsp3) is 0.562. The van der Waals surface area contributed by atoms with Crippen molar-refractivity contribution in [2.75, 3.05) is 18.1 Å². The number of benzene rings is 1. The van der Waals surface area contributed by atoms with Gasteiger partial charge in [-0.05, 0) is 31.0 Å². The number of hydrogen-bond acceptors (Lipinski definition) is 5. The summed E-state index contributed by atoms with van der Waals surface area (Å²) in [5.74, 6) is -0.478. The molecule has 0 radical (unpaired) electrons. The lowest BCUT2D eigenvalue weighted by molar-refractivity contribution is 0.0941. The van der Waals surface area contributed by atoms with E-state index in [4.69, 9.17) is 0 Å². The number of nitrogens with one attached hydrogen (secondary N) is 2. The summed E-state index contributed by atoms with van der Waals surface area (Å²) in [7, 11) is -6.76. The van der Waals surface area contributed by atoms with Gasteiger partial charge in [0.05, 0.1) is 16.4 Å². The second kappa shape index (κ2) is 8.29. The topological polar surface area (TPSA) is 109 Å². The van der Waals surface area contributed by atoms with Crippen molar-refractivity contribution in [3.8, 4) is 0 Å². The maximum atomic E-state index is 12.3. The van der Waals surface area contributed by atoms with E-state index in [0.717, 1.165) is 19.3 Å². The summed E-state index contributed by atoms with van der Waals surface area (Å²) in [4.78, 5) is 12.3. The van der Waals surface area contributed by atoms with Gasteiger partial charge in [0.2, 0.25) is 10.0 Å². The number of sulfonamides is 1. The molecular formula is C16H24N2O5S2. The van der Waals surface area contributed by atoms with Crippen LogP contribution >= 0.6 is 0 Å². The highest BCUT2D eigenvalue weighted by Gasteiger charge is 2.29. The van der Waals surface area contributed by atoms with Gasteiger partial charge in [-0.25, -0.2) is 21.6 Å². The fourth-order valence-corrected chi connectivity index (χ4v) is 5.44. The van der Waals surface area contributed by atoms with Gasteiger partial charge in [-0.2, -0.15) is 0 Å². The molecule has 1 saturated heterocycles. The summed E-state index contributed by atoms with van der Waals surface area (Å²) in [6, 6.07) is 5.32. The molecule has 0 bridgehead atoms. The Hall–Kier alpha value is -1.45. The zero-order valence-corrected chi connectivity index (χ0v) is 15.8. The van der Waals surface area contributed by atoms with Crippen LogP contribution in [0.4, 0.5) is 0 Å². The predicted molar refractivity (Wildman–Crippen MR) is 95.7 cm³/mol. The molecule has 1 fully saturated rings. The van der Waals surface area contributed by atoms with Crippen molar-refractivity contribution in [3.05, 3.63) is 29.8 Å². The molecule has 1 amide bonds. The van der Waals surface area contributed by atoms with Crippen molar-refractivity contribution < 1.29 is 21.6 Å². The van der Waals surface area contributed by atoms with Crippen LogP contribution in [-0.4, -0.2) is 46.8 Å². The first kappa shape index (κ1) is 19.9. The molecule has 2 N–H and O–H groups in total. The van der Waals surface area contributed by atoms with Crippen molar-refractivity contribution in [2.24, 2.45) is 0 Å².